The summed E-state index contributed by atoms with van der Waals surface area (Å²) in [6.07, 6.45) is -0.982. The molecule has 1 heterocycles. The molecule has 0 unspecified atom stereocenters. The number of hydrogen-bond acceptors (Lipinski definition) is 3. The van der Waals surface area contributed by atoms with Crippen molar-refractivity contribution in [2.45, 2.75) is 25.9 Å². The van der Waals surface area contributed by atoms with Gasteiger partial charge in [0.15, 0.2) is 0 Å². The Hall–Kier alpha value is -1.04. The van der Waals surface area contributed by atoms with E-state index in [-0.39, 0.29) is 6.04 Å². The summed E-state index contributed by atoms with van der Waals surface area (Å²) in [5, 5.41) is 7.11. The summed E-state index contributed by atoms with van der Waals surface area (Å²) >= 11 is 0. The Morgan fingerprint density at radius 3 is 2.75 bits per heavy atom. The Labute approximate surface area is 68.4 Å². The van der Waals surface area contributed by atoms with E-state index in [1.807, 2.05) is 0 Å². The lowest BCUT2D eigenvalue weighted by Crippen LogP contribution is -2.07. The number of nitrogens with two attached hydrogens (primary N) is 1. The van der Waals surface area contributed by atoms with Crippen LogP contribution in [0.4, 0.5) is 8.78 Å². The summed E-state index contributed by atoms with van der Waals surface area (Å²) in [7, 11) is 0. The van der Waals surface area contributed by atoms with E-state index in [1.165, 1.54) is 6.20 Å². The van der Waals surface area contributed by atoms with Crippen molar-refractivity contribution >= 4 is 0 Å². The molecule has 1 atom stereocenters. The molecule has 0 spiro atoms. The van der Waals surface area contributed by atoms with Crippen molar-refractivity contribution in [1.29, 1.82) is 0 Å². The van der Waals surface area contributed by atoms with Gasteiger partial charge in [0, 0.05) is 6.04 Å². The van der Waals surface area contributed by atoms with Crippen LogP contribution in [-0.4, -0.2) is 21.4 Å². The van der Waals surface area contributed by atoms with Crippen molar-refractivity contribution in [3.8, 4) is 0 Å². The molecular weight excluding hydrogens is 166 g/mol. The van der Waals surface area contributed by atoms with E-state index in [9.17, 15) is 8.78 Å². The fourth-order valence-corrected chi connectivity index (χ4v) is 0.753. The van der Waals surface area contributed by atoms with Gasteiger partial charge in [-0.1, -0.05) is 5.21 Å². The van der Waals surface area contributed by atoms with Crippen LogP contribution in [0.2, 0.25) is 0 Å². The fourth-order valence-electron chi connectivity index (χ4n) is 0.753. The quantitative estimate of drug-likeness (QED) is 0.732. The van der Waals surface area contributed by atoms with Crippen molar-refractivity contribution in [3.63, 3.8) is 0 Å². The number of hydrogen-bond donors (Lipinski definition) is 1. The highest BCUT2D eigenvalue weighted by Crippen LogP contribution is 2.04. The number of alkyl halides is 2. The standard InChI is InChI=1S/C6H10F2N4/c1-4(9)5-2-12(11-10-5)3-6(7)8/h2,4,6H,3,9H2,1H3/t4-/m1/s1. The highest BCUT2D eigenvalue weighted by atomic mass is 19.3. The normalized spacial score (nSPS) is 13.8. The molecule has 0 fully saturated rings. The van der Waals surface area contributed by atoms with E-state index in [0.29, 0.717) is 5.69 Å². The fraction of sp³-hybridized carbons (Fsp3) is 0.667. The highest BCUT2D eigenvalue weighted by Gasteiger charge is 2.08. The lowest BCUT2D eigenvalue weighted by Gasteiger charge is -1.97. The molecule has 0 amide bonds. The van der Waals surface area contributed by atoms with E-state index < -0.39 is 13.0 Å². The van der Waals surface area contributed by atoms with Gasteiger partial charge >= 0.3 is 0 Å². The van der Waals surface area contributed by atoms with Crippen LogP contribution in [0.3, 0.4) is 0 Å². The second kappa shape index (κ2) is 3.57. The molecule has 68 valence electrons. The molecule has 4 nitrogen and oxygen atoms in total. The summed E-state index contributed by atoms with van der Waals surface area (Å²) in [6.45, 7) is 1.29. The molecule has 0 aromatic carbocycles. The van der Waals surface area contributed by atoms with Gasteiger partial charge < -0.3 is 5.73 Å². The van der Waals surface area contributed by atoms with Gasteiger partial charge in [0.05, 0.1) is 11.9 Å². The number of halogens is 2. The lowest BCUT2D eigenvalue weighted by molar-refractivity contribution is 0.121. The molecule has 2 N–H and O–H groups in total. The molecule has 12 heavy (non-hydrogen) atoms. The van der Waals surface area contributed by atoms with Crippen LogP contribution >= 0.6 is 0 Å². The van der Waals surface area contributed by atoms with E-state index in [1.54, 1.807) is 6.92 Å². The number of rotatable bonds is 3. The van der Waals surface area contributed by atoms with Gasteiger partial charge in [-0.3, -0.25) is 0 Å². The van der Waals surface area contributed by atoms with Crippen molar-refractivity contribution in [2.24, 2.45) is 5.73 Å². The van der Waals surface area contributed by atoms with E-state index in [2.05, 4.69) is 10.3 Å². The van der Waals surface area contributed by atoms with Gasteiger partial charge in [-0.15, -0.1) is 5.10 Å². The predicted octanol–water partition coefficient (Wildman–Crippen LogP) is 0.563. The molecule has 6 heteroatoms. The SMILES string of the molecule is C[C@@H](N)c1cn(CC(F)F)nn1. The average molecular weight is 176 g/mol. The summed E-state index contributed by atoms with van der Waals surface area (Å²) in [4.78, 5) is 0. The molecule has 0 bridgehead atoms. The lowest BCUT2D eigenvalue weighted by atomic mass is 10.3. The molecule has 1 aromatic rings. The molecule has 0 aliphatic heterocycles. The Bertz CT molecular complexity index is 245. The first-order valence-electron chi connectivity index (χ1n) is 3.53. The van der Waals surface area contributed by atoms with Crippen LogP contribution in [0.1, 0.15) is 18.7 Å². The minimum atomic E-state index is -2.41. The van der Waals surface area contributed by atoms with Gasteiger partial charge in [0.2, 0.25) is 0 Å². The predicted molar refractivity (Wildman–Crippen MR) is 38.6 cm³/mol. The second-order valence-corrected chi connectivity index (χ2v) is 2.55. The third-order valence-electron chi connectivity index (χ3n) is 1.35. The third-order valence-corrected chi connectivity index (χ3v) is 1.35. The minimum absolute atomic E-state index is 0.267. The van der Waals surface area contributed by atoms with Gasteiger partial charge in [-0.2, -0.15) is 0 Å². The zero-order valence-corrected chi connectivity index (χ0v) is 6.61. The minimum Gasteiger partial charge on any atom is -0.323 e. The van der Waals surface area contributed by atoms with Crippen LogP contribution in [0.25, 0.3) is 0 Å². The summed E-state index contributed by atoms with van der Waals surface area (Å²) in [6, 6.07) is -0.267. The Morgan fingerprint density at radius 1 is 1.67 bits per heavy atom. The van der Waals surface area contributed by atoms with Crippen LogP contribution in [0, 0.1) is 0 Å². The van der Waals surface area contributed by atoms with Gasteiger partial charge in [0.25, 0.3) is 6.43 Å². The topological polar surface area (TPSA) is 56.7 Å². The van der Waals surface area contributed by atoms with Gasteiger partial charge in [0.1, 0.15) is 6.54 Å². The molecular formula is C6H10F2N4. The third kappa shape index (κ3) is 2.23. The maximum atomic E-state index is 11.8. The Morgan fingerprint density at radius 2 is 2.33 bits per heavy atom. The molecule has 0 saturated heterocycles. The first-order valence-corrected chi connectivity index (χ1v) is 3.53. The van der Waals surface area contributed by atoms with Crippen molar-refractivity contribution in [2.75, 3.05) is 0 Å². The van der Waals surface area contributed by atoms with Crippen LogP contribution < -0.4 is 5.73 Å². The summed E-state index contributed by atoms with van der Waals surface area (Å²) in [5.41, 5.74) is 5.98. The van der Waals surface area contributed by atoms with Crippen LogP contribution in [0.15, 0.2) is 6.20 Å². The molecule has 0 radical (unpaired) electrons. The zero-order valence-electron chi connectivity index (χ0n) is 6.61. The molecule has 0 saturated carbocycles. The monoisotopic (exact) mass is 176 g/mol. The Kier molecular flexibility index (Phi) is 2.69. The summed E-state index contributed by atoms with van der Waals surface area (Å²) in [5.74, 6) is 0. The van der Waals surface area contributed by atoms with Crippen molar-refractivity contribution in [3.05, 3.63) is 11.9 Å². The largest absolute Gasteiger partial charge is 0.323 e. The first kappa shape index (κ1) is 9.05. The number of aromatic nitrogens is 3. The maximum absolute atomic E-state index is 11.8. The Balaban J connectivity index is 2.64. The van der Waals surface area contributed by atoms with E-state index >= 15 is 0 Å². The average Bonchev–Trinajstić information content (AvgIpc) is 2.34. The maximum Gasteiger partial charge on any atom is 0.257 e. The molecule has 0 aliphatic carbocycles. The van der Waals surface area contributed by atoms with E-state index in [4.69, 9.17) is 5.73 Å². The smallest absolute Gasteiger partial charge is 0.257 e. The van der Waals surface area contributed by atoms with Crippen molar-refractivity contribution < 1.29 is 8.78 Å². The second-order valence-electron chi connectivity index (χ2n) is 2.55. The first-order chi connectivity index (χ1) is 5.59. The highest BCUT2D eigenvalue weighted by molar-refractivity contribution is 4.97. The van der Waals surface area contributed by atoms with Crippen molar-refractivity contribution in [1.82, 2.24) is 15.0 Å². The summed E-state index contributed by atoms with van der Waals surface area (Å²) < 4.78 is 24.7. The van der Waals surface area contributed by atoms with E-state index in [0.717, 1.165) is 4.68 Å². The molecule has 1 aromatic heterocycles. The molecule has 1 rings (SSSR count). The van der Waals surface area contributed by atoms with Crippen LogP contribution in [0.5, 0.6) is 0 Å². The van der Waals surface area contributed by atoms with Gasteiger partial charge in [-0.05, 0) is 6.92 Å². The zero-order chi connectivity index (χ0) is 9.14. The number of nitrogens with zero attached hydrogens (tertiary/aromatic N) is 3. The molecule has 0 aliphatic rings. The van der Waals surface area contributed by atoms with Gasteiger partial charge in [-0.25, -0.2) is 13.5 Å². The van der Waals surface area contributed by atoms with Crippen LogP contribution in [-0.2, 0) is 6.54 Å².